The van der Waals surface area contributed by atoms with E-state index in [2.05, 4.69) is 24.1 Å². The van der Waals surface area contributed by atoms with Crippen molar-refractivity contribution in [1.82, 2.24) is 10.2 Å². The molecule has 0 spiro atoms. The number of ether oxygens (including phenoxy) is 2. The van der Waals surface area contributed by atoms with Crippen molar-refractivity contribution >= 4 is 18.3 Å². The van der Waals surface area contributed by atoms with E-state index in [4.69, 9.17) is 9.47 Å². The zero-order valence-electron chi connectivity index (χ0n) is 14.2. The van der Waals surface area contributed by atoms with Crippen molar-refractivity contribution in [3.8, 4) is 11.5 Å². The first-order chi connectivity index (χ1) is 11.1. The Morgan fingerprint density at radius 1 is 1.17 bits per heavy atom. The molecule has 0 aliphatic carbocycles. The van der Waals surface area contributed by atoms with E-state index in [-0.39, 0.29) is 29.9 Å². The predicted octanol–water partition coefficient (Wildman–Crippen LogP) is 2.48. The Hall–Kier alpha value is -1.46. The highest BCUT2D eigenvalue weighted by Gasteiger charge is 2.48. The molecule has 1 aromatic carbocycles. The van der Waals surface area contributed by atoms with Crippen molar-refractivity contribution in [2.45, 2.75) is 38.3 Å². The number of hydrogen-bond acceptors (Lipinski definition) is 4. The largest absolute Gasteiger partial charge is 0.486 e. The molecule has 5 nitrogen and oxygen atoms in total. The Morgan fingerprint density at radius 3 is 2.50 bits per heavy atom. The predicted molar refractivity (Wildman–Crippen MR) is 94.3 cm³/mol. The molecule has 1 aromatic rings. The molecule has 132 valence electrons. The summed E-state index contributed by atoms with van der Waals surface area (Å²) >= 11 is 0. The molecule has 4 aliphatic rings. The van der Waals surface area contributed by atoms with Gasteiger partial charge < -0.3 is 14.8 Å². The minimum absolute atomic E-state index is 0. The molecule has 24 heavy (non-hydrogen) atoms. The third-order valence-corrected chi connectivity index (χ3v) is 5.68. The monoisotopic (exact) mass is 352 g/mol. The van der Waals surface area contributed by atoms with E-state index >= 15 is 0 Å². The van der Waals surface area contributed by atoms with Gasteiger partial charge in [0.25, 0.3) is 5.91 Å². The minimum Gasteiger partial charge on any atom is -0.486 e. The molecule has 4 aliphatic heterocycles. The number of carbonyl (C=O) groups excluding carboxylic acids is 1. The Kier molecular flexibility index (Phi) is 4.67. The maximum atomic E-state index is 12.7. The van der Waals surface area contributed by atoms with Gasteiger partial charge in [-0.2, -0.15) is 0 Å². The van der Waals surface area contributed by atoms with Crippen molar-refractivity contribution in [1.29, 1.82) is 0 Å². The van der Waals surface area contributed by atoms with E-state index in [1.807, 2.05) is 12.1 Å². The SMILES string of the molecule is CC1(C)[C@H](NC(=O)c2ccc3c(c2)OCCO3)C2CCN1CC2.Cl. The van der Waals surface area contributed by atoms with E-state index in [0.29, 0.717) is 30.4 Å². The number of benzene rings is 1. The normalized spacial score (nSPS) is 29.5. The number of hydrogen-bond donors (Lipinski definition) is 1. The van der Waals surface area contributed by atoms with Gasteiger partial charge in [0.15, 0.2) is 11.5 Å². The van der Waals surface area contributed by atoms with Gasteiger partial charge in [-0.15, -0.1) is 12.4 Å². The Balaban J connectivity index is 0.00000169. The minimum atomic E-state index is -0.0196. The molecule has 0 unspecified atom stereocenters. The number of fused-ring (bicyclic) bond motifs is 4. The fourth-order valence-corrected chi connectivity index (χ4v) is 4.29. The van der Waals surface area contributed by atoms with Gasteiger partial charge in [0.2, 0.25) is 0 Å². The van der Waals surface area contributed by atoms with Gasteiger partial charge in [-0.25, -0.2) is 0 Å². The number of halogens is 1. The van der Waals surface area contributed by atoms with Crippen LogP contribution in [0.4, 0.5) is 0 Å². The Labute approximate surface area is 149 Å². The van der Waals surface area contributed by atoms with Crippen molar-refractivity contribution in [2.24, 2.45) is 5.92 Å². The molecule has 5 rings (SSSR count). The van der Waals surface area contributed by atoms with E-state index < -0.39 is 0 Å². The molecule has 3 fully saturated rings. The third-order valence-electron chi connectivity index (χ3n) is 5.68. The number of nitrogens with zero attached hydrogens (tertiary/aromatic N) is 1. The number of nitrogens with one attached hydrogen (secondary N) is 1. The molecule has 1 atom stereocenters. The van der Waals surface area contributed by atoms with Gasteiger partial charge in [0.1, 0.15) is 13.2 Å². The fourth-order valence-electron chi connectivity index (χ4n) is 4.29. The first-order valence-electron chi connectivity index (χ1n) is 8.51. The molecule has 0 aromatic heterocycles. The van der Waals surface area contributed by atoms with Gasteiger partial charge in [0, 0.05) is 17.1 Å². The van der Waals surface area contributed by atoms with Crippen LogP contribution in [0.2, 0.25) is 0 Å². The van der Waals surface area contributed by atoms with Crippen LogP contribution in [0.1, 0.15) is 37.0 Å². The van der Waals surface area contributed by atoms with Crippen LogP contribution in [0, 0.1) is 5.92 Å². The van der Waals surface area contributed by atoms with Crippen LogP contribution >= 0.6 is 12.4 Å². The first-order valence-corrected chi connectivity index (χ1v) is 8.51. The summed E-state index contributed by atoms with van der Waals surface area (Å²) < 4.78 is 11.1. The summed E-state index contributed by atoms with van der Waals surface area (Å²) in [7, 11) is 0. The molecule has 0 saturated carbocycles. The topological polar surface area (TPSA) is 50.8 Å². The third kappa shape index (κ3) is 2.84. The molecule has 1 amide bonds. The Morgan fingerprint density at radius 2 is 1.83 bits per heavy atom. The maximum Gasteiger partial charge on any atom is 0.251 e. The molecule has 1 N–H and O–H groups in total. The van der Waals surface area contributed by atoms with Gasteiger partial charge in [-0.3, -0.25) is 9.69 Å². The van der Waals surface area contributed by atoms with Gasteiger partial charge in [-0.05, 0) is 63.9 Å². The lowest BCUT2D eigenvalue weighted by Gasteiger charge is -2.56. The van der Waals surface area contributed by atoms with E-state index in [0.717, 1.165) is 18.8 Å². The maximum absolute atomic E-state index is 12.7. The van der Waals surface area contributed by atoms with Gasteiger partial charge in [-0.1, -0.05) is 0 Å². The number of carbonyl (C=O) groups is 1. The van der Waals surface area contributed by atoms with Crippen LogP contribution in [0.3, 0.4) is 0 Å². The zero-order chi connectivity index (χ0) is 16.0. The summed E-state index contributed by atoms with van der Waals surface area (Å²) in [5.41, 5.74) is 0.659. The van der Waals surface area contributed by atoms with Crippen LogP contribution in [0.5, 0.6) is 11.5 Å². The molecule has 4 heterocycles. The second kappa shape index (κ2) is 6.45. The summed E-state index contributed by atoms with van der Waals surface area (Å²) in [6.45, 7) is 7.87. The lowest BCUT2D eigenvalue weighted by atomic mass is 9.72. The highest BCUT2D eigenvalue weighted by Crippen LogP contribution is 2.39. The van der Waals surface area contributed by atoms with Crippen molar-refractivity contribution in [3.63, 3.8) is 0 Å². The summed E-state index contributed by atoms with van der Waals surface area (Å²) in [5, 5.41) is 3.29. The van der Waals surface area contributed by atoms with Gasteiger partial charge in [0.05, 0.1) is 0 Å². The highest BCUT2D eigenvalue weighted by molar-refractivity contribution is 5.95. The summed E-state index contributed by atoms with van der Waals surface area (Å²) in [6, 6.07) is 5.63. The molecule has 0 radical (unpaired) electrons. The highest BCUT2D eigenvalue weighted by atomic mass is 35.5. The smallest absolute Gasteiger partial charge is 0.251 e. The molecular formula is C18H25ClN2O3. The Bertz CT molecular complexity index is 627. The second-order valence-electron chi connectivity index (χ2n) is 7.29. The van der Waals surface area contributed by atoms with E-state index in [9.17, 15) is 4.79 Å². The number of amides is 1. The van der Waals surface area contributed by atoms with Crippen LogP contribution in [0.25, 0.3) is 0 Å². The van der Waals surface area contributed by atoms with Crippen LogP contribution in [0.15, 0.2) is 18.2 Å². The standard InChI is InChI=1S/C18H24N2O3.ClH/c1-18(2)16(12-5-7-20(18)8-6-12)19-17(21)13-3-4-14-15(11-13)23-10-9-22-14;/h3-4,11-12,16H,5-10H2,1-2H3,(H,19,21);1H/t16-;/m1./s1. The lowest BCUT2D eigenvalue weighted by Crippen LogP contribution is -2.69. The zero-order valence-corrected chi connectivity index (χ0v) is 15.0. The molecule has 6 heteroatoms. The van der Waals surface area contributed by atoms with E-state index in [1.54, 1.807) is 6.07 Å². The van der Waals surface area contributed by atoms with Crippen molar-refractivity contribution < 1.29 is 14.3 Å². The van der Waals surface area contributed by atoms with Gasteiger partial charge >= 0.3 is 0 Å². The summed E-state index contributed by atoms with van der Waals surface area (Å²) in [6.07, 6.45) is 2.35. The van der Waals surface area contributed by atoms with Crippen molar-refractivity contribution in [2.75, 3.05) is 26.3 Å². The van der Waals surface area contributed by atoms with Crippen molar-refractivity contribution in [3.05, 3.63) is 23.8 Å². The van der Waals surface area contributed by atoms with Crippen LogP contribution < -0.4 is 14.8 Å². The van der Waals surface area contributed by atoms with Crippen LogP contribution in [-0.2, 0) is 0 Å². The molecular weight excluding hydrogens is 328 g/mol. The number of piperidine rings is 3. The second-order valence-corrected chi connectivity index (χ2v) is 7.29. The summed E-state index contributed by atoms with van der Waals surface area (Å²) in [4.78, 5) is 15.2. The fraction of sp³-hybridized carbons (Fsp3) is 0.611. The molecule has 2 bridgehead atoms. The first kappa shape index (κ1) is 17.4. The number of rotatable bonds is 2. The quantitative estimate of drug-likeness (QED) is 0.888. The summed E-state index contributed by atoms with van der Waals surface area (Å²) in [5.74, 6) is 1.94. The lowest BCUT2D eigenvalue weighted by molar-refractivity contribution is -0.0378. The molecule has 3 saturated heterocycles. The average molecular weight is 353 g/mol. The van der Waals surface area contributed by atoms with Crippen LogP contribution in [-0.4, -0.2) is 48.7 Å². The average Bonchev–Trinajstić information content (AvgIpc) is 2.58. The van der Waals surface area contributed by atoms with E-state index in [1.165, 1.54) is 12.8 Å².